The van der Waals surface area contributed by atoms with Gasteiger partial charge in [-0.1, -0.05) is 50.2 Å². The van der Waals surface area contributed by atoms with Crippen molar-refractivity contribution in [3.8, 4) is 28.0 Å². The maximum Gasteiger partial charge on any atom is 0.138 e. The Morgan fingerprint density at radius 2 is 1.27 bits per heavy atom. The van der Waals surface area contributed by atoms with E-state index in [-0.39, 0.29) is 0 Å². The second kappa shape index (κ2) is 7.68. The first-order valence-corrected chi connectivity index (χ1v) is 10.6. The van der Waals surface area contributed by atoms with E-state index >= 15 is 0 Å². The number of fused-ring (bicyclic) bond motifs is 1. The molecule has 0 fully saturated rings. The van der Waals surface area contributed by atoms with Crippen molar-refractivity contribution in [1.29, 1.82) is 0 Å². The van der Waals surface area contributed by atoms with E-state index in [9.17, 15) is 0 Å². The molecular weight excluding hydrogens is 368 g/mol. The van der Waals surface area contributed by atoms with Gasteiger partial charge in [0.2, 0.25) is 0 Å². The highest BCUT2D eigenvalue weighted by atomic mass is 16.5. The fraction of sp³-hybridized carbons (Fsp3) is 0.286. The maximum absolute atomic E-state index is 6.33. The standard InChI is InChI=1S/C28H30O2/c1-16(2)21-8-10-23(11-9-21)27-20(6)30-28-18(4)17(3)25(19(5)26(27)28)22-12-14-24(29-7)15-13-22/h8-16H,1-7H3. The Morgan fingerprint density at radius 3 is 1.83 bits per heavy atom. The van der Waals surface area contributed by atoms with Crippen molar-refractivity contribution < 1.29 is 9.15 Å². The van der Waals surface area contributed by atoms with Crippen molar-refractivity contribution in [1.82, 2.24) is 0 Å². The van der Waals surface area contributed by atoms with Gasteiger partial charge in [0.25, 0.3) is 0 Å². The van der Waals surface area contributed by atoms with Crippen LogP contribution in [0.2, 0.25) is 0 Å². The predicted molar refractivity (Wildman–Crippen MR) is 127 cm³/mol. The molecule has 0 amide bonds. The molecule has 0 aliphatic carbocycles. The van der Waals surface area contributed by atoms with Crippen LogP contribution in [0.3, 0.4) is 0 Å². The van der Waals surface area contributed by atoms with Gasteiger partial charge in [0.05, 0.1) is 7.11 Å². The third kappa shape index (κ3) is 3.21. The number of benzene rings is 3. The summed E-state index contributed by atoms with van der Waals surface area (Å²) in [6, 6.07) is 17.3. The van der Waals surface area contributed by atoms with Gasteiger partial charge in [-0.15, -0.1) is 0 Å². The molecule has 0 radical (unpaired) electrons. The van der Waals surface area contributed by atoms with Gasteiger partial charge in [0.1, 0.15) is 17.1 Å². The summed E-state index contributed by atoms with van der Waals surface area (Å²) >= 11 is 0. The van der Waals surface area contributed by atoms with E-state index in [0.29, 0.717) is 5.92 Å². The molecule has 0 N–H and O–H groups in total. The first kappa shape index (κ1) is 20.3. The molecule has 0 aliphatic heterocycles. The topological polar surface area (TPSA) is 22.4 Å². The second-order valence-electron chi connectivity index (χ2n) is 8.49. The molecule has 30 heavy (non-hydrogen) atoms. The Kier molecular flexibility index (Phi) is 5.19. The SMILES string of the molecule is COc1ccc(-c2c(C)c(C)c3oc(C)c(-c4ccc(C(C)C)cc4)c3c2C)cc1. The monoisotopic (exact) mass is 398 g/mol. The minimum atomic E-state index is 0.523. The summed E-state index contributed by atoms with van der Waals surface area (Å²) in [6.07, 6.45) is 0. The highest BCUT2D eigenvalue weighted by Gasteiger charge is 2.22. The minimum Gasteiger partial charge on any atom is -0.497 e. The van der Waals surface area contributed by atoms with Crippen LogP contribution >= 0.6 is 0 Å². The smallest absolute Gasteiger partial charge is 0.138 e. The lowest BCUT2D eigenvalue weighted by molar-refractivity contribution is 0.415. The fourth-order valence-corrected chi connectivity index (χ4v) is 4.50. The van der Waals surface area contributed by atoms with E-state index in [4.69, 9.17) is 9.15 Å². The number of hydrogen-bond donors (Lipinski definition) is 0. The van der Waals surface area contributed by atoms with Gasteiger partial charge in [-0.2, -0.15) is 0 Å². The van der Waals surface area contributed by atoms with E-state index in [2.05, 4.69) is 77.9 Å². The van der Waals surface area contributed by atoms with Gasteiger partial charge in [-0.05, 0) is 84.7 Å². The summed E-state index contributed by atoms with van der Waals surface area (Å²) in [7, 11) is 1.70. The molecule has 0 spiro atoms. The van der Waals surface area contributed by atoms with Gasteiger partial charge in [-0.3, -0.25) is 0 Å². The quantitative estimate of drug-likeness (QED) is 0.346. The first-order valence-electron chi connectivity index (χ1n) is 10.6. The zero-order chi connectivity index (χ0) is 21.6. The molecule has 154 valence electrons. The highest BCUT2D eigenvalue weighted by Crippen LogP contribution is 2.44. The average molecular weight is 399 g/mol. The molecule has 4 rings (SSSR count). The largest absolute Gasteiger partial charge is 0.497 e. The van der Waals surface area contributed by atoms with Crippen LogP contribution in [0.25, 0.3) is 33.2 Å². The van der Waals surface area contributed by atoms with Crippen LogP contribution in [-0.2, 0) is 0 Å². The van der Waals surface area contributed by atoms with Crippen LogP contribution in [0.1, 0.15) is 47.8 Å². The summed E-state index contributed by atoms with van der Waals surface area (Å²) in [6.45, 7) is 13.1. The predicted octanol–water partition coefficient (Wildman–Crippen LogP) is 8.13. The number of ether oxygens (including phenoxy) is 1. The maximum atomic E-state index is 6.33. The second-order valence-corrected chi connectivity index (χ2v) is 8.49. The van der Waals surface area contributed by atoms with Crippen molar-refractivity contribution >= 4 is 11.0 Å². The molecule has 0 bridgehead atoms. The normalized spacial score (nSPS) is 11.5. The molecular formula is C28H30O2. The Labute approximate surface area is 179 Å². The first-order chi connectivity index (χ1) is 14.3. The van der Waals surface area contributed by atoms with Gasteiger partial charge >= 0.3 is 0 Å². The van der Waals surface area contributed by atoms with Crippen LogP contribution in [0.15, 0.2) is 52.9 Å². The van der Waals surface area contributed by atoms with E-state index in [0.717, 1.165) is 17.1 Å². The summed E-state index contributed by atoms with van der Waals surface area (Å²) in [5, 5.41) is 1.22. The Bertz CT molecular complexity index is 1210. The third-order valence-corrected chi connectivity index (χ3v) is 6.36. The Morgan fingerprint density at radius 1 is 0.700 bits per heavy atom. The number of rotatable bonds is 4. The van der Waals surface area contributed by atoms with Crippen LogP contribution in [0.5, 0.6) is 5.75 Å². The van der Waals surface area contributed by atoms with E-state index in [1.807, 2.05) is 12.1 Å². The molecule has 0 unspecified atom stereocenters. The molecule has 2 nitrogen and oxygen atoms in total. The fourth-order valence-electron chi connectivity index (χ4n) is 4.50. The molecule has 0 saturated carbocycles. The molecule has 0 atom stereocenters. The summed E-state index contributed by atoms with van der Waals surface area (Å²) < 4.78 is 11.7. The van der Waals surface area contributed by atoms with Gasteiger partial charge < -0.3 is 9.15 Å². The highest BCUT2D eigenvalue weighted by molar-refractivity contribution is 6.03. The third-order valence-electron chi connectivity index (χ3n) is 6.36. The number of furan rings is 1. The number of methoxy groups -OCH3 is 1. The van der Waals surface area contributed by atoms with Gasteiger partial charge in [0, 0.05) is 10.9 Å². The molecule has 0 aliphatic rings. The van der Waals surface area contributed by atoms with E-state index in [1.165, 1.54) is 49.9 Å². The molecule has 3 aromatic carbocycles. The number of hydrogen-bond acceptors (Lipinski definition) is 2. The molecule has 4 aromatic rings. The van der Waals surface area contributed by atoms with Crippen molar-refractivity contribution in [2.24, 2.45) is 0 Å². The zero-order valence-electron chi connectivity index (χ0n) is 19.0. The van der Waals surface area contributed by atoms with Crippen LogP contribution in [-0.4, -0.2) is 7.11 Å². The number of aryl methyl sites for hydroxylation is 3. The van der Waals surface area contributed by atoms with Crippen LogP contribution < -0.4 is 4.74 Å². The van der Waals surface area contributed by atoms with E-state index < -0.39 is 0 Å². The summed E-state index contributed by atoms with van der Waals surface area (Å²) in [5.74, 6) is 2.37. The minimum absolute atomic E-state index is 0.523. The van der Waals surface area contributed by atoms with Crippen LogP contribution in [0.4, 0.5) is 0 Å². The van der Waals surface area contributed by atoms with Crippen molar-refractivity contribution in [3.05, 3.63) is 76.5 Å². The zero-order valence-corrected chi connectivity index (χ0v) is 19.0. The van der Waals surface area contributed by atoms with Crippen LogP contribution in [0, 0.1) is 27.7 Å². The summed E-state index contributed by atoms with van der Waals surface area (Å²) in [4.78, 5) is 0. The molecule has 1 heterocycles. The van der Waals surface area contributed by atoms with Crippen molar-refractivity contribution in [2.45, 2.75) is 47.5 Å². The summed E-state index contributed by atoms with van der Waals surface area (Å²) in [5.41, 5.74) is 11.0. The lowest BCUT2D eigenvalue weighted by Gasteiger charge is -2.16. The lowest BCUT2D eigenvalue weighted by atomic mass is 9.87. The molecule has 1 aromatic heterocycles. The van der Waals surface area contributed by atoms with Gasteiger partial charge in [0.15, 0.2) is 0 Å². The Balaban J connectivity index is 1.99. The van der Waals surface area contributed by atoms with Crippen molar-refractivity contribution in [2.75, 3.05) is 7.11 Å². The van der Waals surface area contributed by atoms with Gasteiger partial charge in [-0.25, -0.2) is 0 Å². The van der Waals surface area contributed by atoms with E-state index in [1.54, 1.807) is 7.11 Å². The molecule has 2 heteroatoms. The van der Waals surface area contributed by atoms with Crippen molar-refractivity contribution in [3.63, 3.8) is 0 Å². The lowest BCUT2D eigenvalue weighted by Crippen LogP contribution is -1.95. The Hall–Kier alpha value is -3.00. The average Bonchev–Trinajstić information content (AvgIpc) is 3.10. The molecule has 0 saturated heterocycles.